The summed E-state index contributed by atoms with van der Waals surface area (Å²) in [5.41, 5.74) is 0.968. The van der Waals surface area contributed by atoms with Gasteiger partial charge in [-0.25, -0.2) is 8.42 Å². The molecule has 0 aliphatic carbocycles. The Labute approximate surface area is 186 Å². The Morgan fingerprint density at radius 2 is 1.37 bits per heavy atom. The van der Waals surface area contributed by atoms with Crippen molar-refractivity contribution in [1.82, 2.24) is 0 Å². The third-order valence-corrected chi connectivity index (χ3v) is 11.9. The van der Waals surface area contributed by atoms with Crippen LogP contribution in [0.3, 0.4) is 0 Å². The molecule has 1 atom stereocenters. The highest BCUT2D eigenvalue weighted by Crippen LogP contribution is 2.35. The molecule has 0 fully saturated rings. The molecule has 30 heavy (non-hydrogen) atoms. The van der Waals surface area contributed by atoms with E-state index in [1.54, 1.807) is 12.1 Å². The molecule has 0 N–H and O–H groups in total. The monoisotopic (exact) mass is 471 g/mol. The molecule has 0 heterocycles. The molecule has 9 heteroatoms. The van der Waals surface area contributed by atoms with Crippen molar-refractivity contribution in [1.29, 1.82) is 0 Å². The number of hydrogen-bond acceptors (Lipinski definition) is 6. The lowest BCUT2D eigenvalue weighted by molar-refractivity contribution is 0.0684. The summed E-state index contributed by atoms with van der Waals surface area (Å²) in [6, 6.07) is 11.1. The van der Waals surface area contributed by atoms with Crippen LogP contribution in [0.1, 0.15) is 34.1 Å². The van der Waals surface area contributed by atoms with Crippen molar-refractivity contribution < 1.29 is 21.7 Å². The second kappa shape index (κ2) is 11.4. The Morgan fingerprint density at radius 3 is 1.83 bits per heavy atom. The van der Waals surface area contributed by atoms with Crippen LogP contribution in [0.15, 0.2) is 41.3 Å². The van der Waals surface area contributed by atoms with Gasteiger partial charge in [-0.3, -0.25) is 0 Å². The zero-order valence-electron chi connectivity index (χ0n) is 18.3. The van der Waals surface area contributed by atoms with Crippen LogP contribution in [0.25, 0.3) is 10.8 Å². The van der Waals surface area contributed by atoms with Crippen molar-refractivity contribution in [2.24, 2.45) is 0 Å². The molecule has 2 aromatic rings. The van der Waals surface area contributed by atoms with E-state index in [2.05, 4.69) is 0 Å². The number of rotatable bonds is 11. The molecular weight excluding hydrogens is 434 g/mol. The Bertz CT molecular complexity index is 904. The minimum Gasteiger partial charge on any atom is -0.377 e. The summed E-state index contributed by atoms with van der Waals surface area (Å²) in [5.74, 6) is 0. The number of anilines is 1. The highest BCUT2D eigenvalue weighted by atomic mass is 32.2. The van der Waals surface area contributed by atoms with Crippen LogP contribution in [0.5, 0.6) is 0 Å². The molecule has 1 unspecified atom stereocenters. The minimum absolute atomic E-state index is 0. The van der Waals surface area contributed by atoms with Gasteiger partial charge >= 0.3 is 8.80 Å². The molecule has 0 saturated heterocycles. The van der Waals surface area contributed by atoms with E-state index < -0.39 is 23.5 Å². The summed E-state index contributed by atoms with van der Waals surface area (Å²) >= 11 is 0. The number of fused-ring (bicyclic) bond motifs is 1. The first-order valence-electron chi connectivity index (χ1n) is 10.1. The van der Waals surface area contributed by atoms with E-state index in [0.29, 0.717) is 36.5 Å². The minimum atomic E-state index is -3.78. The van der Waals surface area contributed by atoms with Gasteiger partial charge in [0.05, 0.1) is 4.90 Å². The van der Waals surface area contributed by atoms with E-state index in [-0.39, 0.29) is 11.0 Å². The zero-order chi connectivity index (χ0) is 21.7. The van der Waals surface area contributed by atoms with Crippen LogP contribution >= 0.6 is 0 Å². The first kappa shape index (κ1) is 26.8. The highest BCUT2D eigenvalue weighted by Gasteiger charge is 2.55. The molecule has 170 valence electrons. The Morgan fingerprint density at radius 1 is 0.867 bits per heavy atom. The number of benzene rings is 2. The maximum atomic E-state index is 13.9. The molecule has 6 nitrogen and oxygen atoms in total. The average molecular weight is 472 g/mol. The molecule has 2 aromatic carbocycles. The number of nitrogens with zero attached hydrogens (tertiary/aromatic N) is 1. The summed E-state index contributed by atoms with van der Waals surface area (Å²) in [4.78, 5) is 1.40. The molecule has 0 bridgehead atoms. The van der Waals surface area contributed by atoms with Crippen molar-refractivity contribution in [3.63, 3.8) is 0 Å². The van der Waals surface area contributed by atoms with Gasteiger partial charge < -0.3 is 18.2 Å². The number of sulfone groups is 1. The van der Waals surface area contributed by atoms with Crippen molar-refractivity contribution in [3.05, 3.63) is 36.4 Å². The fourth-order valence-electron chi connectivity index (χ4n) is 3.72. The van der Waals surface area contributed by atoms with Gasteiger partial charge in [-0.1, -0.05) is 31.2 Å². The van der Waals surface area contributed by atoms with E-state index in [1.807, 2.05) is 71.0 Å². The van der Waals surface area contributed by atoms with Crippen molar-refractivity contribution >= 4 is 46.1 Å². The van der Waals surface area contributed by atoms with Gasteiger partial charge in [0, 0.05) is 50.4 Å². The van der Waals surface area contributed by atoms with E-state index >= 15 is 0 Å². The fourth-order valence-corrected chi connectivity index (χ4v) is 10.2. The lowest BCUT2D eigenvalue weighted by atomic mass is 10.1. The van der Waals surface area contributed by atoms with E-state index in [9.17, 15) is 8.42 Å². The molecule has 0 saturated carbocycles. The largest absolute Gasteiger partial charge is 0.520 e. The van der Waals surface area contributed by atoms with E-state index in [0.717, 1.165) is 11.1 Å². The zero-order valence-corrected chi connectivity index (χ0v) is 20.1. The summed E-state index contributed by atoms with van der Waals surface area (Å²) < 4.78 is 45.7. The van der Waals surface area contributed by atoms with Crippen LogP contribution in [-0.2, 0) is 23.1 Å². The summed E-state index contributed by atoms with van der Waals surface area (Å²) in [5, 5.41) is 1.59. The van der Waals surface area contributed by atoms with Crippen LogP contribution in [0.4, 0.5) is 5.69 Å². The summed E-state index contributed by atoms with van der Waals surface area (Å²) in [7, 11) is -3.35. The maximum absolute atomic E-state index is 13.9. The number of hydrogen-bond donors (Lipinski definition) is 0. The standard InChI is InChI=1S/C21H33NO5SSi.H4Si/c1-7-21(29(25-8-2,26-9-3)27-10-4)28(23,24)20-16-12-13-17-18(20)14-11-15-19(17)22(5)6;/h11-16,21H,7-10H2,1-6H3;1H4. The van der Waals surface area contributed by atoms with Crippen LogP contribution < -0.4 is 4.90 Å². The quantitative estimate of drug-likeness (QED) is 0.470. The Hall–Kier alpha value is -1.24. The maximum Gasteiger partial charge on any atom is 0.520 e. The molecule has 0 spiro atoms. The molecule has 2 rings (SSSR count). The average Bonchev–Trinajstić information content (AvgIpc) is 2.67. The predicted molar refractivity (Wildman–Crippen MR) is 132 cm³/mol. The molecule has 0 aliphatic rings. The Balaban J connectivity index is 0.00000450. The third-order valence-electron chi connectivity index (χ3n) is 4.82. The summed E-state index contributed by atoms with van der Waals surface area (Å²) in [6.07, 6.45) is 0.346. The van der Waals surface area contributed by atoms with E-state index in [1.165, 1.54) is 0 Å². The normalized spacial score (nSPS) is 13.1. The molecule has 0 aromatic heterocycles. The van der Waals surface area contributed by atoms with Gasteiger partial charge in [-0.2, -0.15) is 0 Å². The smallest absolute Gasteiger partial charge is 0.377 e. The first-order valence-corrected chi connectivity index (χ1v) is 13.5. The predicted octanol–water partition coefficient (Wildman–Crippen LogP) is 2.59. The van der Waals surface area contributed by atoms with Crippen LogP contribution in [0.2, 0.25) is 0 Å². The molecular formula is C21H37NO5SSi2. The van der Waals surface area contributed by atoms with Crippen LogP contribution in [0, 0.1) is 0 Å². The lowest BCUT2D eigenvalue weighted by Crippen LogP contribution is -2.59. The van der Waals surface area contributed by atoms with E-state index in [4.69, 9.17) is 13.3 Å². The molecule has 0 aliphatic heterocycles. The van der Waals surface area contributed by atoms with Gasteiger partial charge in [0.2, 0.25) is 0 Å². The van der Waals surface area contributed by atoms with Gasteiger partial charge in [0.15, 0.2) is 9.84 Å². The van der Waals surface area contributed by atoms with Crippen molar-refractivity contribution in [2.45, 2.75) is 43.9 Å². The van der Waals surface area contributed by atoms with Crippen LogP contribution in [-0.4, -0.2) is 67.0 Å². The third kappa shape index (κ3) is 5.14. The van der Waals surface area contributed by atoms with Crippen molar-refractivity contribution in [3.8, 4) is 0 Å². The second-order valence-electron chi connectivity index (χ2n) is 6.87. The van der Waals surface area contributed by atoms with Gasteiger partial charge in [-0.15, -0.1) is 0 Å². The first-order chi connectivity index (χ1) is 13.8. The second-order valence-corrected chi connectivity index (χ2v) is 12.2. The van der Waals surface area contributed by atoms with Gasteiger partial charge in [0.1, 0.15) is 4.87 Å². The summed E-state index contributed by atoms with van der Waals surface area (Å²) in [6.45, 7) is 8.34. The molecule has 0 radical (unpaired) electrons. The van der Waals surface area contributed by atoms with Crippen molar-refractivity contribution in [2.75, 3.05) is 38.8 Å². The molecule has 0 amide bonds. The lowest BCUT2D eigenvalue weighted by Gasteiger charge is -2.34. The topological polar surface area (TPSA) is 65.1 Å². The van der Waals surface area contributed by atoms with Gasteiger partial charge in [-0.05, 0) is 50.3 Å². The SMILES string of the molecule is CCO[Si](OCC)(OCC)C(CC)S(=O)(=O)c1cccc2c(N(C)C)cccc12.[SiH4]. The highest BCUT2D eigenvalue weighted by molar-refractivity contribution is 7.94. The fraction of sp³-hybridized carbons (Fsp3) is 0.524. The van der Waals surface area contributed by atoms with Gasteiger partial charge in [0.25, 0.3) is 0 Å². The Kier molecular flexibility index (Phi) is 10.2.